The molecule has 0 atom stereocenters. The Morgan fingerprint density at radius 1 is 0.354 bits per heavy atom. The zero-order valence-corrected chi connectivity index (χ0v) is 32.4. The third-order valence-corrected chi connectivity index (χ3v) is 11.8. The molecule has 0 radical (unpaired) electrons. The molecule has 0 amide bonds. The summed E-state index contributed by atoms with van der Waals surface area (Å²) >= 11 is 0. The standard InChI is InChI=1S/C38H12F16N2O8S/c1-5-12(39)20(47)31(21(48)13(5)40)63-29-8-9(36(58)55(4)35(8)57)30(64-32-22(49)14(41)6(2)15(42)23(32)50)11-10(29)37(59)56(38(11)60)28-18(45)26(53)34(27(54)19(28)46)65(61,62)33-24(51)16(43)7(3)17(44)25(33)52/h1-4H3. The van der Waals surface area contributed by atoms with Crippen LogP contribution in [-0.2, 0) is 16.9 Å². The van der Waals surface area contributed by atoms with Crippen molar-refractivity contribution in [2.45, 2.75) is 30.6 Å². The van der Waals surface area contributed by atoms with Gasteiger partial charge in [-0.05, 0) is 20.8 Å². The number of nitrogens with zero attached hydrogens (tertiary/aromatic N) is 2. The third-order valence-electron chi connectivity index (χ3n) is 9.98. The second-order valence-electron chi connectivity index (χ2n) is 13.5. The summed E-state index contributed by atoms with van der Waals surface area (Å²) in [6.07, 6.45) is 0. The highest BCUT2D eigenvalue weighted by molar-refractivity contribution is 7.91. The molecule has 0 saturated carbocycles. The number of aromatic nitrogens is 2. The fourth-order valence-electron chi connectivity index (χ4n) is 6.59. The van der Waals surface area contributed by atoms with Crippen LogP contribution in [-0.4, -0.2) is 17.6 Å². The van der Waals surface area contributed by atoms with E-state index in [1.54, 1.807) is 0 Å². The lowest BCUT2D eigenvalue weighted by Gasteiger charge is -2.15. The summed E-state index contributed by atoms with van der Waals surface area (Å²) in [7, 11) is -6.32. The van der Waals surface area contributed by atoms with Gasteiger partial charge in [0.25, 0.3) is 22.2 Å². The molecule has 0 fully saturated rings. The van der Waals surface area contributed by atoms with Crippen LogP contribution in [0.2, 0.25) is 0 Å². The van der Waals surface area contributed by atoms with Gasteiger partial charge < -0.3 is 9.47 Å². The SMILES string of the molecule is Cc1c(F)c(F)c(Oc2c3c(=O)n(C)c(=O)c3c(Oc3c(F)c(F)c(C)c(F)c3F)c3c(=O)n(-c4c(F)c(F)c(S(=O)(=O)c5c(F)c(F)c(C)c(F)c5F)c(F)c4F)c(=O)c23)c(F)c1F. The van der Waals surface area contributed by atoms with Crippen LogP contribution in [0, 0.1) is 114 Å². The number of halogens is 16. The zero-order chi connectivity index (χ0) is 48.7. The van der Waals surface area contributed by atoms with Crippen molar-refractivity contribution in [3.05, 3.63) is 151 Å². The lowest BCUT2D eigenvalue weighted by Crippen LogP contribution is -2.28. The molecule has 0 spiro atoms. The van der Waals surface area contributed by atoms with Gasteiger partial charge in [-0.1, -0.05) is 0 Å². The van der Waals surface area contributed by atoms with Gasteiger partial charge in [-0.2, -0.15) is 17.6 Å². The first-order valence-corrected chi connectivity index (χ1v) is 18.4. The highest BCUT2D eigenvalue weighted by Gasteiger charge is 2.43. The van der Waals surface area contributed by atoms with E-state index in [2.05, 4.69) is 0 Å². The van der Waals surface area contributed by atoms with Crippen molar-refractivity contribution in [3.63, 3.8) is 0 Å². The molecule has 65 heavy (non-hydrogen) atoms. The summed E-state index contributed by atoms with van der Waals surface area (Å²) in [4.78, 5) is 49.6. The summed E-state index contributed by atoms with van der Waals surface area (Å²) in [5, 5.41) is -7.32. The number of hydrogen-bond donors (Lipinski definition) is 0. The van der Waals surface area contributed by atoms with Gasteiger partial charge in [0, 0.05) is 23.7 Å². The molecule has 0 unspecified atom stereocenters. The number of fused-ring (bicyclic) bond motifs is 2. The van der Waals surface area contributed by atoms with E-state index in [1.165, 1.54) is 0 Å². The van der Waals surface area contributed by atoms with Gasteiger partial charge in [-0.3, -0.25) is 23.7 Å². The van der Waals surface area contributed by atoms with Crippen LogP contribution >= 0.6 is 0 Å². The molecule has 340 valence electrons. The molecule has 0 N–H and O–H groups in total. The summed E-state index contributed by atoms with van der Waals surface area (Å²) in [6.45, 7) is 1.29. The molecule has 0 saturated heterocycles. The van der Waals surface area contributed by atoms with Crippen LogP contribution < -0.4 is 31.7 Å². The molecule has 5 aromatic carbocycles. The Morgan fingerprint density at radius 3 is 0.892 bits per heavy atom. The van der Waals surface area contributed by atoms with Crippen molar-refractivity contribution in [2.75, 3.05) is 0 Å². The average Bonchev–Trinajstić information content (AvgIpc) is 3.65. The Morgan fingerprint density at radius 2 is 0.600 bits per heavy atom. The normalized spacial score (nSPS) is 12.1. The summed E-state index contributed by atoms with van der Waals surface area (Å²) < 4.78 is 277. The number of hydrogen-bond acceptors (Lipinski definition) is 8. The number of ether oxygens (including phenoxy) is 2. The Hall–Kier alpha value is -7.19. The minimum Gasteiger partial charge on any atom is -0.449 e. The molecular weight excluding hydrogens is 948 g/mol. The lowest BCUT2D eigenvalue weighted by atomic mass is 10.1. The minimum absolute atomic E-state index is 0.0426. The molecule has 27 heteroatoms. The van der Waals surface area contributed by atoms with Crippen molar-refractivity contribution in [1.82, 2.24) is 9.13 Å². The van der Waals surface area contributed by atoms with Crippen LogP contribution in [0.4, 0.5) is 70.2 Å². The fraction of sp³-hybridized carbons (Fsp3) is 0.105. The van der Waals surface area contributed by atoms with E-state index in [4.69, 9.17) is 9.47 Å². The lowest BCUT2D eigenvalue weighted by molar-refractivity contribution is 0.363. The monoisotopic (exact) mass is 960 g/mol. The third kappa shape index (κ3) is 5.99. The van der Waals surface area contributed by atoms with Gasteiger partial charge >= 0.3 is 0 Å². The van der Waals surface area contributed by atoms with Gasteiger partial charge in [0.15, 0.2) is 81.3 Å². The zero-order valence-electron chi connectivity index (χ0n) is 31.6. The molecule has 7 rings (SSSR count). The molecule has 10 nitrogen and oxygen atoms in total. The molecular formula is C38H12F16N2O8S. The molecule has 0 aliphatic carbocycles. The Balaban J connectivity index is 1.69. The summed E-state index contributed by atoms with van der Waals surface area (Å²) in [6, 6.07) is 0. The topological polar surface area (TPSA) is 131 Å². The van der Waals surface area contributed by atoms with E-state index in [0.717, 1.165) is 0 Å². The predicted molar refractivity (Wildman–Crippen MR) is 186 cm³/mol. The number of benzene rings is 5. The fourth-order valence-corrected chi connectivity index (χ4v) is 8.09. The smallest absolute Gasteiger partial charge is 0.270 e. The average molecular weight is 961 g/mol. The molecule has 0 aliphatic rings. The molecule has 2 aromatic heterocycles. The second-order valence-corrected chi connectivity index (χ2v) is 15.4. The predicted octanol–water partition coefficient (Wildman–Crippen LogP) is 8.01. The van der Waals surface area contributed by atoms with Gasteiger partial charge in [0.05, 0.1) is 0 Å². The number of sulfone groups is 1. The molecule has 2 heterocycles. The van der Waals surface area contributed by atoms with Gasteiger partial charge in [-0.25, -0.2) is 65.7 Å². The first-order chi connectivity index (χ1) is 30.1. The van der Waals surface area contributed by atoms with Crippen molar-refractivity contribution >= 4 is 31.4 Å². The van der Waals surface area contributed by atoms with E-state index in [0.29, 0.717) is 27.8 Å². The van der Waals surface area contributed by atoms with Crippen molar-refractivity contribution in [3.8, 4) is 28.7 Å². The Bertz CT molecular complexity index is 3460. The maximum atomic E-state index is 16.1. The Labute approximate surface area is 345 Å². The summed E-state index contributed by atoms with van der Waals surface area (Å²) in [5.41, 5.74) is -16.0. The molecule has 7 aromatic rings. The highest BCUT2D eigenvalue weighted by atomic mass is 32.2. The maximum Gasteiger partial charge on any atom is 0.270 e. The quantitative estimate of drug-likeness (QED) is 0.116. The van der Waals surface area contributed by atoms with Crippen LogP contribution in [0.5, 0.6) is 23.0 Å². The first-order valence-electron chi connectivity index (χ1n) is 17.0. The van der Waals surface area contributed by atoms with Crippen molar-refractivity contribution < 1.29 is 88.1 Å². The van der Waals surface area contributed by atoms with Crippen LogP contribution in [0.3, 0.4) is 0 Å². The van der Waals surface area contributed by atoms with Crippen LogP contribution in [0.25, 0.3) is 27.2 Å². The maximum absolute atomic E-state index is 16.1. The largest absolute Gasteiger partial charge is 0.449 e. The minimum atomic E-state index is -6.87. The van der Waals surface area contributed by atoms with Gasteiger partial charge in [0.1, 0.15) is 37.0 Å². The van der Waals surface area contributed by atoms with Crippen molar-refractivity contribution in [2.24, 2.45) is 7.05 Å². The van der Waals surface area contributed by atoms with Crippen LogP contribution in [0.1, 0.15) is 16.7 Å². The highest BCUT2D eigenvalue weighted by Crippen LogP contribution is 2.45. The van der Waals surface area contributed by atoms with E-state index in [-0.39, 0.29) is 4.57 Å². The van der Waals surface area contributed by atoms with E-state index >= 15 is 35.1 Å². The number of rotatable bonds is 7. The van der Waals surface area contributed by atoms with Crippen molar-refractivity contribution in [1.29, 1.82) is 0 Å². The van der Waals surface area contributed by atoms with E-state index in [9.17, 15) is 62.7 Å². The van der Waals surface area contributed by atoms with E-state index < -0.39 is 206 Å². The molecule has 0 bridgehead atoms. The Kier molecular flexibility index (Phi) is 10.5. The summed E-state index contributed by atoms with van der Waals surface area (Å²) in [5.74, 6) is -51.6. The van der Waals surface area contributed by atoms with Gasteiger partial charge in [0.2, 0.25) is 44.6 Å². The molecule has 0 aliphatic heterocycles. The second kappa shape index (κ2) is 14.9. The van der Waals surface area contributed by atoms with Crippen LogP contribution in [0.15, 0.2) is 29.0 Å². The van der Waals surface area contributed by atoms with Gasteiger partial charge in [-0.15, -0.1) is 0 Å². The van der Waals surface area contributed by atoms with E-state index in [1.807, 2.05) is 0 Å². The first kappa shape index (κ1) is 45.8.